The van der Waals surface area contributed by atoms with Crippen molar-refractivity contribution in [1.82, 2.24) is 0 Å². The van der Waals surface area contributed by atoms with Crippen LogP contribution in [-0.4, -0.2) is 22.5 Å². The Bertz CT molecular complexity index is 682. The summed E-state index contributed by atoms with van der Waals surface area (Å²) < 4.78 is 0.269. The fraction of sp³-hybridized carbons (Fsp3) is 0.667. The van der Waals surface area contributed by atoms with Crippen LogP contribution >= 0.6 is 9.24 Å². The second-order valence-corrected chi connectivity index (χ2v) is 11.7. The first-order valence-corrected chi connectivity index (χ1v) is 12.7. The summed E-state index contributed by atoms with van der Waals surface area (Å²) >= 11 is 1.64. The molecular weight excluding hydrogens is 438 g/mol. The van der Waals surface area contributed by atoms with Gasteiger partial charge in [-0.25, -0.2) is 0 Å². The van der Waals surface area contributed by atoms with E-state index < -0.39 is 0 Å². The van der Waals surface area contributed by atoms with Crippen LogP contribution in [0.5, 0.6) is 0 Å². The molecule has 0 bridgehead atoms. The predicted molar refractivity (Wildman–Crippen MR) is 123 cm³/mol. The Hall–Kier alpha value is 0.189. The number of rotatable bonds is 9. The first-order chi connectivity index (χ1) is 12.3. The zero-order valence-electron chi connectivity index (χ0n) is 17.9. The molecule has 2 rings (SSSR count). The van der Waals surface area contributed by atoms with Crippen LogP contribution in [0.1, 0.15) is 107 Å². The minimum absolute atomic E-state index is 0.269. The molecule has 0 spiro atoms. The molecule has 0 fully saturated rings. The van der Waals surface area contributed by atoms with Gasteiger partial charge in [0.2, 0.25) is 0 Å². The van der Waals surface area contributed by atoms with Crippen molar-refractivity contribution in [1.29, 1.82) is 0 Å². The summed E-state index contributed by atoms with van der Waals surface area (Å²) in [6.45, 7) is 14.3. The quantitative estimate of drug-likeness (QED) is 0.281. The van der Waals surface area contributed by atoms with Crippen molar-refractivity contribution in [2.45, 2.75) is 103 Å². The Labute approximate surface area is 178 Å². The molecule has 26 heavy (non-hydrogen) atoms. The van der Waals surface area contributed by atoms with Gasteiger partial charge < -0.3 is 0 Å². The van der Waals surface area contributed by atoms with Gasteiger partial charge in [-0.2, -0.15) is 0 Å². The molecule has 2 atom stereocenters. The molecule has 0 nitrogen and oxygen atoms in total. The summed E-state index contributed by atoms with van der Waals surface area (Å²) in [5, 5.41) is 1.52. The SMILES string of the molecule is CCCCC1=C(C)[C](C)([Sn])c2c(C)c(P)c(CCCC)c(CCCC)c21. The van der Waals surface area contributed by atoms with Gasteiger partial charge in [-0.1, -0.05) is 0 Å². The molecule has 2 heteroatoms. The third kappa shape index (κ3) is 4.12. The van der Waals surface area contributed by atoms with Crippen molar-refractivity contribution in [3.8, 4) is 0 Å². The van der Waals surface area contributed by atoms with Crippen molar-refractivity contribution in [3.63, 3.8) is 0 Å². The van der Waals surface area contributed by atoms with Gasteiger partial charge in [0, 0.05) is 0 Å². The molecule has 0 aromatic heterocycles. The summed E-state index contributed by atoms with van der Waals surface area (Å²) in [6, 6.07) is 0. The zero-order valence-corrected chi connectivity index (χ0v) is 22.0. The molecule has 1 aliphatic carbocycles. The molecular formula is C24H38PSn. The van der Waals surface area contributed by atoms with Crippen LogP contribution in [0.2, 0.25) is 0 Å². The molecule has 0 saturated carbocycles. The Morgan fingerprint density at radius 2 is 1.35 bits per heavy atom. The van der Waals surface area contributed by atoms with Crippen LogP contribution < -0.4 is 5.30 Å². The van der Waals surface area contributed by atoms with E-state index in [1.807, 2.05) is 0 Å². The molecule has 0 aliphatic heterocycles. The monoisotopic (exact) mass is 477 g/mol. The Morgan fingerprint density at radius 1 is 0.846 bits per heavy atom. The third-order valence-corrected chi connectivity index (χ3v) is 8.93. The maximum absolute atomic E-state index is 3.13. The van der Waals surface area contributed by atoms with E-state index in [1.54, 1.807) is 61.5 Å². The normalized spacial score (nSPS) is 19.4. The molecule has 2 unspecified atom stereocenters. The van der Waals surface area contributed by atoms with Gasteiger partial charge in [0.1, 0.15) is 0 Å². The topological polar surface area (TPSA) is 0 Å². The van der Waals surface area contributed by atoms with Crippen molar-refractivity contribution in [2.75, 3.05) is 0 Å². The van der Waals surface area contributed by atoms with Crippen molar-refractivity contribution < 1.29 is 0 Å². The van der Waals surface area contributed by atoms with Gasteiger partial charge in [0.25, 0.3) is 0 Å². The summed E-state index contributed by atoms with van der Waals surface area (Å²) in [4.78, 5) is 0. The molecule has 3 radical (unpaired) electrons. The standard InChI is InChI=1S/C24H38P.Sn/c1-7-10-13-19-16(4)17(5)22-18(6)24(25)21(15-12-9-3)20(23(19)22)14-11-8-2;/h7-15,25H2,1-6H3;. The summed E-state index contributed by atoms with van der Waals surface area (Å²) in [5.41, 5.74) is 11.7. The second kappa shape index (κ2) is 9.60. The van der Waals surface area contributed by atoms with Crippen LogP contribution in [0.4, 0.5) is 0 Å². The van der Waals surface area contributed by atoms with E-state index in [9.17, 15) is 0 Å². The molecule has 0 saturated heterocycles. The molecule has 1 aliphatic rings. The van der Waals surface area contributed by atoms with Crippen molar-refractivity contribution >= 4 is 42.6 Å². The van der Waals surface area contributed by atoms with Crippen LogP contribution in [0.25, 0.3) is 5.57 Å². The van der Waals surface area contributed by atoms with E-state index in [0.717, 1.165) is 0 Å². The van der Waals surface area contributed by atoms with E-state index in [1.165, 1.54) is 63.1 Å². The van der Waals surface area contributed by atoms with Crippen molar-refractivity contribution in [2.24, 2.45) is 0 Å². The van der Waals surface area contributed by atoms with Gasteiger partial charge >= 0.3 is 179 Å². The number of unbranched alkanes of at least 4 members (excludes halogenated alkanes) is 3. The second-order valence-electron chi connectivity index (χ2n) is 8.28. The molecule has 0 heterocycles. The zero-order chi connectivity index (χ0) is 19.5. The summed E-state index contributed by atoms with van der Waals surface area (Å²) in [6.07, 6.45) is 11.6. The van der Waals surface area contributed by atoms with Gasteiger partial charge in [0.15, 0.2) is 0 Å². The van der Waals surface area contributed by atoms with E-state index in [2.05, 4.69) is 50.8 Å². The fourth-order valence-electron chi connectivity index (χ4n) is 4.58. The fourth-order valence-corrected chi connectivity index (χ4v) is 6.37. The first-order valence-electron chi connectivity index (χ1n) is 10.7. The number of hydrogen-bond acceptors (Lipinski definition) is 0. The van der Waals surface area contributed by atoms with Gasteiger partial charge in [0.05, 0.1) is 0 Å². The number of allylic oxidation sites excluding steroid dienone is 2. The van der Waals surface area contributed by atoms with Crippen LogP contribution in [0.3, 0.4) is 0 Å². The third-order valence-electron chi connectivity index (χ3n) is 6.37. The average Bonchev–Trinajstić information content (AvgIpc) is 2.81. The molecule has 1 aromatic rings. The van der Waals surface area contributed by atoms with Crippen molar-refractivity contribution in [3.05, 3.63) is 33.4 Å². The van der Waals surface area contributed by atoms with E-state index in [-0.39, 0.29) is 3.43 Å². The average molecular weight is 476 g/mol. The van der Waals surface area contributed by atoms with Crippen LogP contribution in [-0.2, 0) is 16.3 Å². The molecule has 143 valence electrons. The van der Waals surface area contributed by atoms with E-state index >= 15 is 0 Å². The van der Waals surface area contributed by atoms with Gasteiger partial charge in [-0.15, -0.1) is 0 Å². The van der Waals surface area contributed by atoms with Crippen LogP contribution in [0.15, 0.2) is 5.57 Å². The summed E-state index contributed by atoms with van der Waals surface area (Å²) in [5.74, 6) is 0. The van der Waals surface area contributed by atoms with Crippen LogP contribution in [0, 0.1) is 6.92 Å². The Kier molecular flexibility index (Phi) is 8.30. The first kappa shape index (κ1) is 22.5. The van der Waals surface area contributed by atoms with E-state index in [4.69, 9.17) is 0 Å². The number of fused-ring (bicyclic) bond motifs is 1. The molecule has 0 amide bonds. The van der Waals surface area contributed by atoms with E-state index in [0.29, 0.717) is 0 Å². The molecule has 0 N–H and O–H groups in total. The Morgan fingerprint density at radius 3 is 1.88 bits per heavy atom. The predicted octanol–water partition coefficient (Wildman–Crippen LogP) is 6.54. The van der Waals surface area contributed by atoms with Gasteiger partial charge in [-0.3, -0.25) is 0 Å². The van der Waals surface area contributed by atoms with Gasteiger partial charge in [-0.05, 0) is 0 Å². The maximum atomic E-state index is 3.13. The number of benzene rings is 1. The molecule has 1 aromatic carbocycles. The summed E-state index contributed by atoms with van der Waals surface area (Å²) in [7, 11) is 3.13. The minimum atomic E-state index is 0.269. The Balaban J connectivity index is 2.75. The number of hydrogen-bond donors (Lipinski definition) is 0.